The second kappa shape index (κ2) is 7.74. The highest BCUT2D eigenvalue weighted by atomic mass is 16.3. The monoisotopic (exact) mass is 416 g/mol. The summed E-state index contributed by atoms with van der Waals surface area (Å²) < 4.78 is 0. The van der Waals surface area contributed by atoms with Crippen LogP contribution in [0.5, 0.6) is 0 Å². The van der Waals surface area contributed by atoms with Gasteiger partial charge >= 0.3 is 0 Å². The number of fused-ring (bicyclic) bond motifs is 5. The SMILES string of the molecule is C[C@H](C[C@@H](O)CC(C)(C)O)[C@H]1CC[C@H]2C3=CC=C4CC(O)CC[C@]4(C)[C@H]3CC[C@]12C. The van der Waals surface area contributed by atoms with Gasteiger partial charge in [-0.05, 0) is 99.7 Å². The first-order valence-corrected chi connectivity index (χ1v) is 12.4. The zero-order valence-electron chi connectivity index (χ0n) is 19.8. The summed E-state index contributed by atoms with van der Waals surface area (Å²) >= 11 is 0. The highest BCUT2D eigenvalue weighted by molar-refractivity contribution is 5.38. The van der Waals surface area contributed by atoms with E-state index in [1.807, 2.05) is 0 Å². The molecule has 3 N–H and O–H groups in total. The minimum Gasteiger partial charge on any atom is -0.393 e. The Balaban J connectivity index is 1.52. The molecule has 3 nitrogen and oxygen atoms in total. The Bertz CT molecular complexity index is 716. The smallest absolute Gasteiger partial charge is 0.0616 e. The fraction of sp³-hybridized carbons (Fsp3) is 0.852. The number of allylic oxidation sites excluding steroid dienone is 3. The third kappa shape index (κ3) is 3.84. The van der Waals surface area contributed by atoms with Crippen LogP contribution in [0.4, 0.5) is 0 Å². The second-order valence-corrected chi connectivity index (χ2v) is 12.4. The third-order valence-corrected chi connectivity index (χ3v) is 9.68. The van der Waals surface area contributed by atoms with Crippen LogP contribution >= 0.6 is 0 Å². The Hall–Kier alpha value is -0.640. The summed E-state index contributed by atoms with van der Waals surface area (Å²) in [6.07, 6.45) is 13.5. The minimum atomic E-state index is -0.806. The number of aliphatic hydroxyl groups is 3. The van der Waals surface area contributed by atoms with Crippen LogP contribution in [-0.2, 0) is 0 Å². The lowest BCUT2D eigenvalue weighted by molar-refractivity contribution is -0.00489. The van der Waals surface area contributed by atoms with Gasteiger partial charge < -0.3 is 15.3 Å². The first-order chi connectivity index (χ1) is 13.9. The van der Waals surface area contributed by atoms with E-state index in [4.69, 9.17) is 0 Å². The van der Waals surface area contributed by atoms with Gasteiger partial charge in [-0.3, -0.25) is 0 Å². The number of hydrogen-bond donors (Lipinski definition) is 3. The summed E-state index contributed by atoms with van der Waals surface area (Å²) in [5.74, 6) is 2.44. The molecule has 0 aromatic rings. The van der Waals surface area contributed by atoms with Crippen LogP contribution in [-0.4, -0.2) is 33.1 Å². The van der Waals surface area contributed by atoms with Gasteiger partial charge in [0.2, 0.25) is 0 Å². The van der Waals surface area contributed by atoms with Crippen molar-refractivity contribution < 1.29 is 15.3 Å². The van der Waals surface area contributed by atoms with Crippen LogP contribution in [0.15, 0.2) is 23.3 Å². The molecule has 1 unspecified atom stereocenters. The molecule has 30 heavy (non-hydrogen) atoms. The maximum absolute atomic E-state index is 10.6. The van der Waals surface area contributed by atoms with Crippen molar-refractivity contribution in [3.63, 3.8) is 0 Å². The van der Waals surface area contributed by atoms with Crippen LogP contribution in [0.25, 0.3) is 0 Å². The molecule has 3 fully saturated rings. The molecule has 3 heteroatoms. The molecule has 3 saturated carbocycles. The molecule has 8 atom stereocenters. The summed E-state index contributed by atoms with van der Waals surface area (Å²) in [5, 5.41) is 30.8. The second-order valence-electron chi connectivity index (χ2n) is 12.4. The summed E-state index contributed by atoms with van der Waals surface area (Å²) in [5.41, 5.74) is 2.94. The molecule has 170 valence electrons. The zero-order valence-corrected chi connectivity index (χ0v) is 19.8. The average molecular weight is 417 g/mol. The van der Waals surface area contributed by atoms with E-state index < -0.39 is 11.7 Å². The topological polar surface area (TPSA) is 60.7 Å². The first-order valence-electron chi connectivity index (χ1n) is 12.4. The molecule has 4 aliphatic rings. The highest BCUT2D eigenvalue weighted by Gasteiger charge is 2.57. The molecule has 0 bridgehead atoms. The van der Waals surface area contributed by atoms with Crippen molar-refractivity contribution in [2.45, 2.75) is 110 Å². The molecule has 0 radical (unpaired) electrons. The van der Waals surface area contributed by atoms with Crippen LogP contribution in [0, 0.1) is 34.5 Å². The maximum Gasteiger partial charge on any atom is 0.0616 e. The molecule has 0 saturated heterocycles. The summed E-state index contributed by atoms with van der Waals surface area (Å²) in [6, 6.07) is 0. The van der Waals surface area contributed by atoms with E-state index in [-0.39, 0.29) is 11.5 Å². The predicted molar refractivity (Wildman–Crippen MR) is 122 cm³/mol. The largest absolute Gasteiger partial charge is 0.393 e. The van der Waals surface area contributed by atoms with Gasteiger partial charge in [0.1, 0.15) is 0 Å². The van der Waals surface area contributed by atoms with E-state index in [0.29, 0.717) is 35.5 Å². The van der Waals surface area contributed by atoms with Crippen molar-refractivity contribution in [2.24, 2.45) is 34.5 Å². The van der Waals surface area contributed by atoms with E-state index in [1.165, 1.54) is 31.3 Å². The maximum atomic E-state index is 10.6. The zero-order chi connectivity index (χ0) is 21.9. The molecule has 0 spiro atoms. The van der Waals surface area contributed by atoms with Gasteiger partial charge in [0.05, 0.1) is 17.8 Å². The third-order valence-electron chi connectivity index (χ3n) is 9.68. The van der Waals surface area contributed by atoms with E-state index in [9.17, 15) is 15.3 Å². The average Bonchev–Trinajstić information content (AvgIpc) is 2.98. The van der Waals surface area contributed by atoms with Gasteiger partial charge in [-0.25, -0.2) is 0 Å². The lowest BCUT2D eigenvalue weighted by atomic mass is 9.50. The van der Waals surface area contributed by atoms with Crippen molar-refractivity contribution in [1.29, 1.82) is 0 Å². The molecule has 4 rings (SSSR count). The van der Waals surface area contributed by atoms with Crippen LogP contribution < -0.4 is 0 Å². The predicted octanol–water partition coefficient (Wildman–Crippen LogP) is 5.39. The van der Waals surface area contributed by atoms with Crippen LogP contribution in [0.1, 0.15) is 92.4 Å². The van der Waals surface area contributed by atoms with Crippen molar-refractivity contribution in [3.8, 4) is 0 Å². The van der Waals surface area contributed by atoms with E-state index >= 15 is 0 Å². The van der Waals surface area contributed by atoms with Crippen molar-refractivity contribution in [1.82, 2.24) is 0 Å². The quantitative estimate of drug-likeness (QED) is 0.563. The normalized spacial score (nSPS) is 43.1. The minimum absolute atomic E-state index is 0.153. The molecule has 0 heterocycles. The number of rotatable bonds is 5. The summed E-state index contributed by atoms with van der Waals surface area (Å²) in [6.45, 7) is 10.9. The molecule has 4 aliphatic carbocycles. The highest BCUT2D eigenvalue weighted by Crippen LogP contribution is 2.66. The molecular weight excluding hydrogens is 372 g/mol. The van der Waals surface area contributed by atoms with Crippen LogP contribution in [0.3, 0.4) is 0 Å². The van der Waals surface area contributed by atoms with Gasteiger partial charge in [-0.15, -0.1) is 0 Å². The Morgan fingerprint density at radius 1 is 1.07 bits per heavy atom. The molecule has 0 aromatic carbocycles. The molecule has 0 aliphatic heterocycles. The summed E-state index contributed by atoms with van der Waals surface area (Å²) in [4.78, 5) is 0. The summed E-state index contributed by atoms with van der Waals surface area (Å²) in [7, 11) is 0. The van der Waals surface area contributed by atoms with Gasteiger partial charge in [0, 0.05) is 6.42 Å². The van der Waals surface area contributed by atoms with Crippen molar-refractivity contribution >= 4 is 0 Å². The number of aliphatic hydroxyl groups excluding tert-OH is 2. The Labute approximate surface area is 183 Å². The van der Waals surface area contributed by atoms with Crippen LogP contribution in [0.2, 0.25) is 0 Å². The van der Waals surface area contributed by atoms with Gasteiger partial charge in [0.25, 0.3) is 0 Å². The van der Waals surface area contributed by atoms with Gasteiger partial charge in [-0.2, -0.15) is 0 Å². The Morgan fingerprint density at radius 3 is 2.50 bits per heavy atom. The first kappa shape index (κ1) is 22.6. The van der Waals surface area contributed by atoms with E-state index in [0.717, 1.165) is 25.7 Å². The molecule has 0 aromatic heterocycles. The standard InChI is InChI=1S/C27H44O3/c1-17(14-20(29)16-25(2,3)30)22-8-9-23-21-7-6-18-15-19(28)10-12-26(18,4)24(21)11-13-27(22,23)5/h6-7,17,19-20,22-24,28-30H,8-16H2,1-5H3/t17-,19?,20-,22-,23+,24+,26+,27-/m1/s1. The lowest BCUT2D eigenvalue weighted by Crippen LogP contribution is -2.46. The van der Waals surface area contributed by atoms with E-state index in [1.54, 1.807) is 19.4 Å². The van der Waals surface area contributed by atoms with Crippen molar-refractivity contribution in [3.05, 3.63) is 23.3 Å². The van der Waals surface area contributed by atoms with Crippen molar-refractivity contribution in [2.75, 3.05) is 0 Å². The molecule has 0 amide bonds. The van der Waals surface area contributed by atoms with E-state index in [2.05, 4.69) is 32.9 Å². The Morgan fingerprint density at radius 2 is 1.80 bits per heavy atom. The number of hydrogen-bond acceptors (Lipinski definition) is 3. The fourth-order valence-corrected chi connectivity index (χ4v) is 8.21. The van der Waals surface area contributed by atoms with Gasteiger partial charge in [0.15, 0.2) is 0 Å². The fourth-order valence-electron chi connectivity index (χ4n) is 8.21. The molecular formula is C27H44O3. The lowest BCUT2D eigenvalue weighted by Gasteiger charge is -2.55. The Kier molecular flexibility index (Phi) is 5.82. The van der Waals surface area contributed by atoms with Gasteiger partial charge in [-0.1, -0.05) is 44.1 Å².